The van der Waals surface area contributed by atoms with E-state index in [-0.39, 0.29) is 5.56 Å². The molecule has 0 unspecified atom stereocenters. The molecule has 3 rings (SSSR count). The number of ether oxygens (including phenoxy) is 2. The van der Waals surface area contributed by atoms with Crippen LogP contribution in [0.2, 0.25) is 0 Å². The number of nitrogens with zero attached hydrogens (tertiary/aromatic N) is 1. The minimum Gasteiger partial charge on any atom is -0.465 e. The smallest absolute Gasteiger partial charge is 0.379 e. The fourth-order valence-electron chi connectivity index (χ4n) is 2.85. The van der Waals surface area contributed by atoms with E-state index in [1.165, 1.54) is 7.11 Å². The van der Waals surface area contributed by atoms with Gasteiger partial charge in [0, 0.05) is 5.52 Å². The number of ketones is 1. The van der Waals surface area contributed by atoms with Crippen molar-refractivity contribution in [3.05, 3.63) is 41.0 Å². The quantitative estimate of drug-likeness (QED) is 0.420. The lowest BCUT2D eigenvalue weighted by Crippen LogP contribution is -2.16. The standard InChI is InChI=1S/C16H13NO5/c1-8-12(14(18)16(20)22-3)11-6-4-5-9-7-10(15(19)21-2)13(8)17(9)11/h4-7H,1-3H3. The van der Waals surface area contributed by atoms with Gasteiger partial charge in [0.05, 0.1) is 36.4 Å². The van der Waals surface area contributed by atoms with Crippen molar-refractivity contribution in [1.29, 1.82) is 0 Å². The fraction of sp³-hybridized carbons (Fsp3) is 0.188. The Hall–Kier alpha value is -2.89. The summed E-state index contributed by atoms with van der Waals surface area (Å²) in [6, 6.07) is 7.01. The third-order valence-electron chi connectivity index (χ3n) is 3.78. The highest BCUT2D eigenvalue weighted by molar-refractivity contribution is 6.43. The summed E-state index contributed by atoms with van der Waals surface area (Å²) < 4.78 is 11.1. The number of aromatic nitrogens is 1. The highest BCUT2D eigenvalue weighted by atomic mass is 16.5. The van der Waals surface area contributed by atoms with Crippen molar-refractivity contribution in [1.82, 2.24) is 4.40 Å². The molecule has 0 amide bonds. The van der Waals surface area contributed by atoms with Crippen molar-refractivity contribution in [2.75, 3.05) is 14.2 Å². The van der Waals surface area contributed by atoms with E-state index in [0.717, 1.165) is 12.6 Å². The molecular formula is C16H13NO5. The third kappa shape index (κ3) is 1.70. The summed E-state index contributed by atoms with van der Waals surface area (Å²) in [4.78, 5) is 35.8. The van der Waals surface area contributed by atoms with E-state index in [1.54, 1.807) is 29.5 Å². The van der Waals surface area contributed by atoms with Crippen LogP contribution in [0.3, 0.4) is 0 Å². The van der Waals surface area contributed by atoms with Crippen molar-refractivity contribution in [2.45, 2.75) is 6.92 Å². The molecule has 0 aliphatic carbocycles. The van der Waals surface area contributed by atoms with Gasteiger partial charge in [-0.2, -0.15) is 0 Å². The maximum atomic E-state index is 12.3. The second-order valence-electron chi connectivity index (χ2n) is 4.89. The van der Waals surface area contributed by atoms with Crippen LogP contribution in [0.1, 0.15) is 26.3 Å². The molecule has 3 heterocycles. The average molecular weight is 299 g/mol. The van der Waals surface area contributed by atoms with E-state index in [9.17, 15) is 14.4 Å². The first kappa shape index (κ1) is 14.1. The van der Waals surface area contributed by atoms with Gasteiger partial charge in [-0.05, 0) is 30.7 Å². The first-order valence-electron chi connectivity index (χ1n) is 6.58. The van der Waals surface area contributed by atoms with Crippen molar-refractivity contribution in [3.63, 3.8) is 0 Å². The van der Waals surface area contributed by atoms with Crippen LogP contribution in [0, 0.1) is 6.92 Å². The average Bonchev–Trinajstić information content (AvgIpc) is 3.06. The SMILES string of the molecule is COC(=O)C(=O)c1c(C)c2c(C(=O)OC)cc3cccc1n32. The minimum atomic E-state index is -0.934. The molecule has 0 aliphatic rings. The lowest BCUT2D eigenvalue weighted by molar-refractivity contribution is -0.135. The van der Waals surface area contributed by atoms with Gasteiger partial charge in [-0.1, -0.05) is 6.07 Å². The number of esters is 2. The summed E-state index contributed by atoms with van der Waals surface area (Å²) in [5, 5.41) is 0. The van der Waals surface area contributed by atoms with E-state index in [1.807, 2.05) is 6.07 Å². The number of carbonyl (C=O) groups excluding carboxylic acids is 3. The van der Waals surface area contributed by atoms with Crippen molar-refractivity contribution < 1.29 is 23.9 Å². The Morgan fingerprint density at radius 2 is 1.82 bits per heavy atom. The normalized spacial score (nSPS) is 11.0. The summed E-state index contributed by atoms with van der Waals surface area (Å²) in [5.74, 6) is -2.15. The van der Waals surface area contributed by atoms with Crippen LogP contribution in [0.5, 0.6) is 0 Å². The van der Waals surface area contributed by atoms with Crippen LogP contribution in [0.4, 0.5) is 0 Å². The Morgan fingerprint density at radius 3 is 2.45 bits per heavy atom. The predicted octanol–water partition coefficient (Wildman–Crippen LogP) is 1.98. The Kier molecular flexibility index (Phi) is 3.09. The van der Waals surface area contributed by atoms with Crippen LogP contribution in [0.15, 0.2) is 24.3 Å². The third-order valence-corrected chi connectivity index (χ3v) is 3.78. The molecule has 0 radical (unpaired) electrons. The first-order valence-corrected chi connectivity index (χ1v) is 6.58. The fourth-order valence-corrected chi connectivity index (χ4v) is 2.85. The minimum absolute atomic E-state index is 0.248. The van der Waals surface area contributed by atoms with E-state index < -0.39 is 17.7 Å². The number of hydrogen-bond donors (Lipinski definition) is 0. The van der Waals surface area contributed by atoms with Gasteiger partial charge in [-0.15, -0.1) is 0 Å². The number of Topliss-reactive ketones (excluding diaryl/α,β-unsaturated/α-hetero) is 1. The topological polar surface area (TPSA) is 74.1 Å². The van der Waals surface area contributed by atoms with Crippen LogP contribution >= 0.6 is 0 Å². The Morgan fingerprint density at radius 1 is 1.09 bits per heavy atom. The van der Waals surface area contributed by atoms with E-state index in [4.69, 9.17) is 4.74 Å². The van der Waals surface area contributed by atoms with Crippen LogP contribution in [-0.4, -0.2) is 36.3 Å². The molecule has 6 heteroatoms. The van der Waals surface area contributed by atoms with Crippen LogP contribution < -0.4 is 0 Å². The van der Waals surface area contributed by atoms with E-state index in [0.29, 0.717) is 22.2 Å². The summed E-state index contributed by atoms with van der Waals surface area (Å²) in [6.07, 6.45) is 0. The molecule has 0 saturated heterocycles. The van der Waals surface area contributed by atoms with Crippen molar-refractivity contribution in [2.24, 2.45) is 0 Å². The van der Waals surface area contributed by atoms with Gasteiger partial charge in [0.2, 0.25) is 0 Å². The molecule has 0 saturated carbocycles. The van der Waals surface area contributed by atoms with Gasteiger partial charge < -0.3 is 13.9 Å². The summed E-state index contributed by atoms with van der Waals surface area (Å²) in [6.45, 7) is 1.70. The highest BCUT2D eigenvalue weighted by Gasteiger charge is 2.28. The van der Waals surface area contributed by atoms with Gasteiger partial charge in [0.1, 0.15) is 0 Å². The Balaban J connectivity index is 2.41. The van der Waals surface area contributed by atoms with Crippen molar-refractivity contribution in [3.8, 4) is 0 Å². The molecule has 3 aromatic rings. The number of hydrogen-bond acceptors (Lipinski definition) is 5. The van der Waals surface area contributed by atoms with Crippen LogP contribution in [0.25, 0.3) is 16.6 Å². The molecule has 0 bridgehead atoms. The van der Waals surface area contributed by atoms with E-state index >= 15 is 0 Å². The van der Waals surface area contributed by atoms with Gasteiger partial charge in [0.25, 0.3) is 5.78 Å². The summed E-state index contributed by atoms with van der Waals surface area (Å²) in [7, 11) is 2.46. The maximum absolute atomic E-state index is 12.3. The van der Waals surface area contributed by atoms with Crippen LogP contribution in [-0.2, 0) is 14.3 Å². The molecule has 6 nitrogen and oxygen atoms in total. The van der Waals surface area contributed by atoms with E-state index in [2.05, 4.69) is 4.74 Å². The molecule has 0 spiro atoms. The molecule has 0 atom stereocenters. The van der Waals surface area contributed by atoms with Gasteiger partial charge in [-0.25, -0.2) is 9.59 Å². The Labute approximate surface area is 125 Å². The number of carbonyl (C=O) groups is 3. The Bertz CT molecular complexity index is 921. The largest absolute Gasteiger partial charge is 0.465 e. The molecule has 3 aromatic heterocycles. The molecule has 22 heavy (non-hydrogen) atoms. The molecule has 0 aromatic carbocycles. The second-order valence-corrected chi connectivity index (χ2v) is 4.89. The van der Waals surface area contributed by atoms with Gasteiger partial charge >= 0.3 is 11.9 Å². The second kappa shape index (κ2) is 4.84. The molecule has 0 aliphatic heterocycles. The number of aryl methyl sites for hydroxylation is 1. The summed E-state index contributed by atoms with van der Waals surface area (Å²) >= 11 is 0. The van der Waals surface area contributed by atoms with Crippen molar-refractivity contribution >= 4 is 34.3 Å². The first-order chi connectivity index (χ1) is 10.5. The highest BCUT2D eigenvalue weighted by Crippen LogP contribution is 2.32. The lowest BCUT2D eigenvalue weighted by atomic mass is 10.1. The number of methoxy groups -OCH3 is 2. The van der Waals surface area contributed by atoms with Gasteiger partial charge in [0.15, 0.2) is 0 Å². The lowest BCUT2D eigenvalue weighted by Gasteiger charge is -2.00. The zero-order valence-corrected chi connectivity index (χ0v) is 12.3. The predicted molar refractivity (Wildman–Crippen MR) is 78.5 cm³/mol. The molecule has 0 fully saturated rings. The monoisotopic (exact) mass is 299 g/mol. The van der Waals surface area contributed by atoms with Gasteiger partial charge in [-0.3, -0.25) is 4.79 Å². The summed E-state index contributed by atoms with van der Waals surface area (Å²) in [5.41, 5.74) is 3.05. The number of rotatable bonds is 3. The molecule has 112 valence electrons. The zero-order valence-electron chi connectivity index (χ0n) is 12.3. The number of pyridine rings is 1. The molecule has 0 N–H and O–H groups in total. The molecular weight excluding hydrogens is 286 g/mol. The maximum Gasteiger partial charge on any atom is 0.379 e. The zero-order chi connectivity index (χ0) is 16.0.